The Labute approximate surface area is 202 Å². The Hall–Kier alpha value is -3.20. The van der Waals surface area contributed by atoms with E-state index in [1.807, 2.05) is 53.9 Å². The predicted octanol–water partition coefficient (Wildman–Crippen LogP) is 5.97. The largest absolute Gasteiger partial charge is 0.493 e. The molecule has 0 unspecified atom stereocenters. The summed E-state index contributed by atoms with van der Waals surface area (Å²) < 4.78 is 13.1. The topological polar surface area (TPSA) is 66.2 Å². The molecular weight excluding hydrogens is 478 g/mol. The monoisotopic (exact) mass is 495 g/mol. The number of benzene rings is 2. The summed E-state index contributed by atoms with van der Waals surface area (Å²) >= 11 is 8.92. The fourth-order valence-corrected chi connectivity index (χ4v) is 5.57. The normalized spacial score (nSPS) is 11.1. The number of methoxy groups -OCH3 is 2. The third kappa shape index (κ3) is 4.13. The smallest absolute Gasteiger partial charge is 0.271 e. The molecule has 0 aliphatic rings. The molecule has 0 amide bonds. The number of ether oxygens (including phenoxy) is 2. The SMILES string of the molecule is COc1cccc(-c2nc(Cn3cnc4cc(-c5ccc(Cl)cc5)sc4c3=O)cs2)c1OC. The van der Waals surface area contributed by atoms with Crippen LogP contribution in [0.3, 0.4) is 0 Å². The standard InChI is InChI=1S/C24H18ClN3O3S2/c1-30-19-5-3-4-17(21(19)31-2)23-27-16(12-32-23)11-28-13-26-18-10-20(33-22(18)24(28)29)14-6-8-15(25)9-7-14/h3-10,12-13H,11H2,1-2H3. The highest BCUT2D eigenvalue weighted by molar-refractivity contribution is 7.22. The zero-order chi connectivity index (χ0) is 22.9. The van der Waals surface area contributed by atoms with E-state index in [2.05, 4.69) is 4.98 Å². The Morgan fingerprint density at radius 2 is 1.91 bits per heavy atom. The van der Waals surface area contributed by atoms with Gasteiger partial charge >= 0.3 is 0 Å². The van der Waals surface area contributed by atoms with E-state index in [0.29, 0.717) is 33.3 Å². The van der Waals surface area contributed by atoms with Crippen LogP contribution in [0.4, 0.5) is 0 Å². The second kappa shape index (κ2) is 8.97. The maximum absolute atomic E-state index is 13.1. The molecule has 9 heteroatoms. The molecule has 0 atom stereocenters. The maximum Gasteiger partial charge on any atom is 0.271 e. The van der Waals surface area contributed by atoms with Gasteiger partial charge in [0.05, 0.1) is 43.9 Å². The molecule has 0 aliphatic carbocycles. The molecule has 0 radical (unpaired) electrons. The van der Waals surface area contributed by atoms with Crippen molar-refractivity contribution in [3.63, 3.8) is 0 Å². The van der Waals surface area contributed by atoms with Crippen LogP contribution in [0, 0.1) is 0 Å². The summed E-state index contributed by atoms with van der Waals surface area (Å²) in [6, 6.07) is 15.2. The Morgan fingerprint density at radius 1 is 1.09 bits per heavy atom. The first-order valence-corrected chi connectivity index (χ1v) is 12.1. The first-order valence-electron chi connectivity index (χ1n) is 9.98. The Kier molecular flexibility index (Phi) is 5.88. The number of hydrogen-bond acceptors (Lipinski definition) is 7. The molecular formula is C24H18ClN3O3S2. The van der Waals surface area contributed by atoms with Gasteiger partial charge in [0, 0.05) is 15.3 Å². The molecule has 166 valence electrons. The summed E-state index contributed by atoms with van der Waals surface area (Å²) in [6.45, 7) is 0.332. The molecule has 5 aromatic rings. The van der Waals surface area contributed by atoms with Crippen LogP contribution in [0.15, 0.2) is 65.0 Å². The number of thiazole rings is 1. The van der Waals surface area contributed by atoms with Gasteiger partial charge < -0.3 is 9.47 Å². The summed E-state index contributed by atoms with van der Waals surface area (Å²) in [5, 5.41) is 3.41. The van der Waals surface area contributed by atoms with Crippen LogP contribution in [0.25, 0.3) is 31.2 Å². The lowest BCUT2D eigenvalue weighted by Gasteiger charge is -2.10. The quantitative estimate of drug-likeness (QED) is 0.290. The zero-order valence-electron chi connectivity index (χ0n) is 17.7. The van der Waals surface area contributed by atoms with E-state index >= 15 is 0 Å². The van der Waals surface area contributed by atoms with Crippen LogP contribution in [0.1, 0.15) is 5.69 Å². The minimum atomic E-state index is -0.0845. The van der Waals surface area contributed by atoms with Crippen molar-refractivity contribution in [3.05, 3.63) is 81.3 Å². The van der Waals surface area contributed by atoms with Crippen molar-refractivity contribution in [2.45, 2.75) is 6.54 Å². The lowest BCUT2D eigenvalue weighted by molar-refractivity contribution is 0.356. The van der Waals surface area contributed by atoms with Gasteiger partial charge in [-0.1, -0.05) is 29.8 Å². The summed E-state index contributed by atoms with van der Waals surface area (Å²) in [4.78, 5) is 23.4. The van der Waals surface area contributed by atoms with Crippen molar-refractivity contribution in [3.8, 4) is 32.5 Å². The highest BCUT2D eigenvalue weighted by atomic mass is 35.5. The number of nitrogens with zero attached hydrogens (tertiary/aromatic N) is 3. The van der Waals surface area contributed by atoms with Gasteiger partial charge in [-0.3, -0.25) is 9.36 Å². The van der Waals surface area contributed by atoms with Gasteiger partial charge in [-0.2, -0.15) is 0 Å². The molecule has 0 bridgehead atoms. The minimum absolute atomic E-state index is 0.0845. The van der Waals surface area contributed by atoms with E-state index in [-0.39, 0.29) is 5.56 Å². The van der Waals surface area contributed by atoms with Gasteiger partial charge in [0.2, 0.25) is 0 Å². The summed E-state index contributed by atoms with van der Waals surface area (Å²) in [5.41, 5.74) is 3.23. The van der Waals surface area contributed by atoms with Crippen LogP contribution < -0.4 is 15.0 Å². The highest BCUT2D eigenvalue weighted by Crippen LogP contribution is 2.39. The highest BCUT2D eigenvalue weighted by Gasteiger charge is 2.16. The van der Waals surface area contributed by atoms with Crippen molar-refractivity contribution in [1.29, 1.82) is 0 Å². The van der Waals surface area contributed by atoms with Gasteiger partial charge in [0.1, 0.15) is 9.71 Å². The van der Waals surface area contributed by atoms with E-state index in [9.17, 15) is 4.79 Å². The lowest BCUT2D eigenvalue weighted by Crippen LogP contribution is -2.20. The van der Waals surface area contributed by atoms with E-state index < -0.39 is 0 Å². The number of aromatic nitrogens is 3. The van der Waals surface area contributed by atoms with Crippen LogP contribution in [-0.4, -0.2) is 28.8 Å². The Morgan fingerprint density at radius 3 is 2.67 bits per heavy atom. The van der Waals surface area contributed by atoms with Crippen LogP contribution in [0.5, 0.6) is 11.5 Å². The molecule has 0 N–H and O–H groups in total. The molecule has 6 nitrogen and oxygen atoms in total. The van der Waals surface area contributed by atoms with Crippen molar-refractivity contribution >= 4 is 44.5 Å². The summed E-state index contributed by atoms with van der Waals surface area (Å²) in [6.07, 6.45) is 1.58. The van der Waals surface area contributed by atoms with Crippen molar-refractivity contribution < 1.29 is 9.47 Å². The lowest BCUT2D eigenvalue weighted by atomic mass is 10.2. The molecule has 0 aliphatic heterocycles. The molecule has 0 spiro atoms. The first kappa shape index (κ1) is 21.6. The molecule has 5 rings (SSSR count). The molecule has 33 heavy (non-hydrogen) atoms. The molecule has 0 fully saturated rings. The first-order chi connectivity index (χ1) is 16.1. The second-order valence-electron chi connectivity index (χ2n) is 7.19. The Balaban J connectivity index is 1.46. The van der Waals surface area contributed by atoms with Crippen LogP contribution >= 0.6 is 34.3 Å². The van der Waals surface area contributed by atoms with E-state index in [4.69, 9.17) is 26.1 Å². The molecule has 2 aromatic carbocycles. The molecule has 0 saturated heterocycles. The summed E-state index contributed by atoms with van der Waals surface area (Å²) in [7, 11) is 3.21. The number of fused-ring (bicyclic) bond motifs is 1. The van der Waals surface area contributed by atoms with Gasteiger partial charge in [-0.15, -0.1) is 22.7 Å². The van der Waals surface area contributed by atoms with Gasteiger partial charge in [0.15, 0.2) is 11.5 Å². The summed E-state index contributed by atoms with van der Waals surface area (Å²) in [5.74, 6) is 1.28. The van der Waals surface area contributed by atoms with Gasteiger partial charge in [-0.05, 0) is 35.9 Å². The average molecular weight is 496 g/mol. The number of halogens is 1. The third-order valence-corrected chi connectivity index (χ3v) is 7.49. The zero-order valence-corrected chi connectivity index (χ0v) is 20.1. The van der Waals surface area contributed by atoms with E-state index in [0.717, 1.165) is 26.7 Å². The maximum atomic E-state index is 13.1. The fraction of sp³-hybridized carbons (Fsp3) is 0.125. The predicted molar refractivity (Wildman–Crippen MR) is 134 cm³/mol. The number of rotatable bonds is 6. The average Bonchev–Trinajstić information content (AvgIpc) is 3.48. The number of para-hydroxylation sites is 1. The van der Waals surface area contributed by atoms with Gasteiger partial charge in [0.25, 0.3) is 5.56 Å². The van der Waals surface area contributed by atoms with Crippen LogP contribution in [0.2, 0.25) is 5.02 Å². The fourth-order valence-electron chi connectivity index (χ4n) is 3.55. The number of hydrogen-bond donors (Lipinski definition) is 0. The van der Waals surface area contributed by atoms with Crippen molar-refractivity contribution in [2.75, 3.05) is 14.2 Å². The third-order valence-electron chi connectivity index (χ3n) is 5.15. The van der Waals surface area contributed by atoms with Crippen molar-refractivity contribution in [1.82, 2.24) is 14.5 Å². The minimum Gasteiger partial charge on any atom is -0.493 e. The van der Waals surface area contributed by atoms with Crippen LogP contribution in [-0.2, 0) is 6.54 Å². The second-order valence-corrected chi connectivity index (χ2v) is 9.54. The molecule has 0 saturated carbocycles. The number of thiophene rings is 1. The van der Waals surface area contributed by atoms with Crippen molar-refractivity contribution in [2.24, 2.45) is 0 Å². The Bertz CT molecular complexity index is 1510. The van der Waals surface area contributed by atoms with Gasteiger partial charge in [-0.25, -0.2) is 9.97 Å². The molecule has 3 aromatic heterocycles. The van der Waals surface area contributed by atoms with E-state index in [1.54, 1.807) is 25.1 Å². The molecule has 3 heterocycles. The van der Waals surface area contributed by atoms with E-state index in [1.165, 1.54) is 22.7 Å².